The molecule has 0 spiro atoms. The van der Waals surface area contributed by atoms with Crippen LogP contribution in [0.2, 0.25) is 5.02 Å². The van der Waals surface area contributed by atoms with E-state index in [2.05, 4.69) is 6.07 Å². The van der Waals surface area contributed by atoms with Crippen LogP contribution in [0, 0.1) is 13.8 Å². The van der Waals surface area contributed by atoms with Crippen LogP contribution in [-0.4, -0.2) is 31.5 Å². The van der Waals surface area contributed by atoms with Crippen molar-refractivity contribution in [2.24, 2.45) is 0 Å². The van der Waals surface area contributed by atoms with Gasteiger partial charge in [-0.15, -0.1) is 0 Å². The minimum absolute atomic E-state index is 0. The maximum atomic E-state index is 12.5. The van der Waals surface area contributed by atoms with E-state index in [1.165, 1.54) is 0 Å². The molecule has 0 aliphatic rings. The summed E-state index contributed by atoms with van der Waals surface area (Å²) in [5.74, 6) is 0.528. The molecule has 0 heterocycles. The van der Waals surface area contributed by atoms with Gasteiger partial charge in [-0.1, -0.05) is 41.4 Å². The summed E-state index contributed by atoms with van der Waals surface area (Å²) in [6, 6.07) is 11.4. The van der Waals surface area contributed by atoms with Gasteiger partial charge in [0.2, 0.25) is 0 Å². The van der Waals surface area contributed by atoms with Crippen molar-refractivity contribution in [1.82, 2.24) is 0 Å². The number of methoxy groups -OCH3 is 1. The van der Waals surface area contributed by atoms with Crippen molar-refractivity contribution in [2.45, 2.75) is 13.8 Å². The van der Waals surface area contributed by atoms with E-state index in [9.17, 15) is 4.79 Å². The molecule has 2 rings (SSSR count). The van der Waals surface area contributed by atoms with Crippen molar-refractivity contribution in [3.8, 4) is 5.75 Å². The molecule has 1 unspecified atom stereocenters. The molecule has 21 heavy (non-hydrogen) atoms. The summed E-state index contributed by atoms with van der Waals surface area (Å²) in [6.45, 7) is 4.03. The zero-order valence-corrected chi connectivity index (χ0v) is 13.4. The fourth-order valence-electron chi connectivity index (χ4n) is 1.95. The Bertz CT molecular complexity index is 659. The van der Waals surface area contributed by atoms with E-state index in [1.54, 1.807) is 25.3 Å². The topological polar surface area (TPSA) is 26.3 Å². The summed E-state index contributed by atoms with van der Waals surface area (Å²) >= 11 is 6.14. The Morgan fingerprint density at radius 3 is 2.57 bits per heavy atom. The molecule has 0 aromatic heterocycles. The zero-order valence-electron chi connectivity index (χ0n) is 11.7. The van der Waals surface area contributed by atoms with E-state index in [0.29, 0.717) is 16.3 Å². The number of rotatable bonds is 4. The van der Waals surface area contributed by atoms with Crippen LogP contribution in [0.1, 0.15) is 21.5 Å². The van der Waals surface area contributed by atoms with Crippen LogP contribution in [0.4, 0.5) is 0 Å². The van der Waals surface area contributed by atoms with E-state index in [-0.39, 0.29) is 33.0 Å². The number of benzene rings is 2. The van der Waals surface area contributed by atoms with Gasteiger partial charge in [0.1, 0.15) is 5.75 Å². The summed E-state index contributed by atoms with van der Waals surface area (Å²) in [4.78, 5) is 12.5. The number of carbonyl (C=O) groups excluding carboxylic acids is 1. The Morgan fingerprint density at radius 1 is 1.19 bits per heavy atom. The van der Waals surface area contributed by atoms with Gasteiger partial charge in [-0.25, -0.2) is 0 Å². The normalized spacial score (nSPS) is 10.5. The predicted molar refractivity (Wildman–Crippen MR) is 93.3 cm³/mol. The van der Waals surface area contributed by atoms with Crippen molar-refractivity contribution in [2.75, 3.05) is 7.11 Å². The van der Waals surface area contributed by atoms with E-state index < -0.39 is 0 Å². The summed E-state index contributed by atoms with van der Waals surface area (Å²) in [6.07, 6.45) is 0. The standard InChI is InChI=1S/C16H16ClO2P.Li.H/c1-10-7-8-11(2)14(9-10)20-16(18)15-12(17)5-4-6-13(15)19-3;;/h4-9,20H,1-3H3;;. The molecule has 0 radical (unpaired) electrons. The van der Waals surface area contributed by atoms with Gasteiger partial charge in [-0.05, 0) is 45.4 Å². The second kappa shape index (κ2) is 8.02. The predicted octanol–water partition coefficient (Wildman–Crippen LogP) is 3.46. The molecule has 0 saturated carbocycles. The third-order valence-corrected chi connectivity index (χ3v) is 4.66. The molecular formula is C16H17ClLiO2P. The van der Waals surface area contributed by atoms with Gasteiger partial charge in [0.05, 0.1) is 17.7 Å². The fraction of sp³-hybridized carbons (Fsp3) is 0.188. The average molecular weight is 315 g/mol. The molecule has 1 atom stereocenters. The third-order valence-electron chi connectivity index (χ3n) is 3.06. The minimum atomic E-state index is 0. The Labute approximate surface area is 144 Å². The van der Waals surface area contributed by atoms with Crippen molar-refractivity contribution in [3.05, 3.63) is 58.1 Å². The van der Waals surface area contributed by atoms with Gasteiger partial charge in [-0.2, -0.15) is 0 Å². The molecule has 2 aromatic rings. The Hall–Kier alpha value is -0.773. The maximum absolute atomic E-state index is 12.5. The number of aryl methyl sites for hydroxylation is 2. The van der Waals surface area contributed by atoms with E-state index in [4.69, 9.17) is 16.3 Å². The van der Waals surface area contributed by atoms with Crippen molar-refractivity contribution in [1.29, 1.82) is 0 Å². The summed E-state index contributed by atoms with van der Waals surface area (Å²) in [5, 5.41) is 1.49. The van der Waals surface area contributed by atoms with Crippen LogP contribution in [0.5, 0.6) is 5.75 Å². The van der Waals surface area contributed by atoms with Crippen LogP contribution in [0.3, 0.4) is 0 Å². The Balaban J connectivity index is 0.00000220. The molecule has 106 valence electrons. The van der Waals surface area contributed by atoms with Gasteiger partial charge in [-0.3, -0.25) is 4.79 Å². The number of hydrogen-bond donors (Lipinski definition) is 0. The van der Waals surface area contributed by atoms with E-state index in [1.807, 2.05) is 26.0 Å². The number of carbonyl (C=O) groups is 1. The molecule has 0 N–H and O–H groups in total. The number of ether oxygens (including phenoxy) is 1. The second-order valence-corrected chi connectivity index (χ2v) is 6.24. The Morgan fingerprint density at radius 2 is 1.90 bits per heavy atom. The molecule has 0 amide bonds. The Kier molecular flexibility index (Phi) is 6.98. The van der Waals surface area contributed by atoms with Crippen LogP contribution in [0.15, 0.2) is 36.4 Å². The monoisotopic (exact) mass is 314 g/mol. The molecular weight excluding hydrogens is 298 g/mol. The van der Waals surface area contributed by atoms with Gasteiger partial charge >= 0.3 is 18.9 Å². The first-order valence-corrected chi connectivity index (χ1v) is 7.62. The molecule has 5 heteroatoms. The van der Waals surface area contributed by atoms with Crippen molar-refractivity contribution < 1.29 is 9.53 Å². The van der Waals surface area contributed by atoms with Crippen molar-refractivity contribution in [3.63, 3.8) is 0 Å². The molecule has 0 bridgehead atoms. The summed E-state index contributed by atoms with van der Waals surface area (Å²) in [7, 11) is 1.59. The van der Waals surface area contributed by atoms with E-state index in [0.717, 1.165) is 16.4 Å². The first kappa shape index (κ1) is 18.3. The SMILES string of the molecule is COc1cccc(Cl)c1C(=O)Pc1cc(C)ccc1C.[LiH]. The van der Waals surface area contributed by atoms with Crippen molar-refractivity contribution >= 4 is 49.9 Å². The number of halogens is 1. The molecule has 2 nitrogen and oxygen atoms in total. The first-order chi connectivity index (χ1) is 9.52. The summed E-state index contributed by atoms with van der Waals surface area (Å²) < 4.78 is 5.24. The average Bonchev–Trinajstić information content (AvgIpc) is 2.42. The second-order valence-electron chi connectivity index (χ2n) is 4.59. The molecule has 0 saturated heterocycles. The van der Waals surface area contributed by atoms with Gasteiger partial charge < -0.3 is 4.74 Å². The molecule has 0 aliphatic carbocycles. The molecule has 0 fully saturated rings. The summed E-state index contributed by atoms with van der Waals surface area (Å²) in [5.41, 5.74) is 2.74. The van der Waals surface area contributed by atoms with Crippen LogP contribution >= 0.6 is 20.2 Å². The quantitative estimate of drug-likeness (QED) is 0.638. The van der Waals surface area contributed by atoms with Gasteiger partial charge in [0, 0.05) is 0 Å². The number of hydrogen-bond acceptors (Lipinski definition) is 2. The van der Waals surface area contributed by atoms with Gasteiger partial charge in [0.15, 0.2) is 5.52 Å². The molecule has 2 aromatic carbocycles. The third kappa shape index (κ3) is 4.35. The van der Waals surface area contributed by atoms with Gasteiger partial charge in [0.25, 0.3) is 0 Å². The van der Waals surface area contributed by atoms with Crippen LogP contribution in [0.25, 0.3) is 0 Å². The van der Waals surface area contributed by atoms with Crippen LogP contribution in [-0.2, 0) is 0 Å². The first-order valence-electron chi connectivity index (χ1n) is 6.24. The molecule has 0 aliphatic heterocycles. The zero-order chi connectivity index (χ0) is 14.7. The van der Waals surface area contributed by atoms with Crippen LogP contribution < -0.4 is 10.0 Å². The fourth-order valence-corrected chi connectivity index (χ4v) is 3.49. The van der Waals surface area contributed by atoms with E-state index >= 15 is 0 Å².